The fourth-order valence-corrected chi connectivity index (χ4v) is 3.67. The van der Waals surface area contributed by atoms with Crippen LogP contribution in [0.25, 0.3) is 0 Å². The van der Waals surface area contributed by atoms with Gasteiger partial charge < -0.3 is 15.6 Å². The van der Waals surface area contributed by atoms with Gasteiger partial charge in [0.1, 0.15) is 6.10 Å². The fourth-order valence-electron chi connectivity index (χ4n) is 3.40. The number of ether oxygens (including phenoxy) is 1. The molecule has 0 bridgehead atoms. The van der Waals surface area contributed by atoms with E-state index < -0.39 is 6.09 Å². The first-order valence-corrected chi connectivity index (χ1v) is 7.82. The van der Waals surface area contributed by atoms with E-state index in [1.54, 1.807) is 0 Å². The summed E-state index contributed by atoms with van der Waals surface area (Å²) in [6, 6.07) is 7.67. The van der Waals surface area contributed by atoms with E-state index in [9.17, 15) is 9.90 Å². The molecule has 1 aromatic carbocycles. The van der Waals surface area contributed by atoms with Crippen molar-refractivity contribution in [3.05, 3.63) is 34.9 Å². The van der Waals surface area contributed by atoms with Crippen LogP contribution in [0.3, 0.4) is 0 Å². The summed E-state index contributed by atoms with van der Waals surface area (Å²) in [5, 5.41) is 10.1. The lowest BCUT2D eigenvalue weighted by atomic mass is 9.73. The lowest BCUT2D eigenvalue weighted by Gasteiger charge is -2.36. The molecule has 1 aromatic rings. The number of hydrogen-bond acceptors (Lipinski definition) is 3. The van der Waals surface area contributed by atoms with Gasteiger partial charge in [-0.2, -0.15) is 0 Å². The predicted molar refractivity (Wildman–Crippen MR) is 82.3 cm³/mol. The van der Waals surface area contributed by atoms with Crippen LogP contribution in [0.2, 0.25) is 5.02 Å². The Kier molecular flexibility index (Phi) is 5.88. The molecule has 0 aliphatic heterocycles. The van der Waals surface area contributed by atoms with Gasteiger partial charge in [-0.05, 0) is 43.2 Å². The second-order valence-electron chi connectivity index (χ2n) is 5.56. The molecule has 0 heterocycles. The van der Waals surface area contributed by atoms with Gasteiger partial charge in [-0.1, -0.05) is 36.2 Å². The van der Waals surface area contributed by atoms with Gasteiger partial charge in [0, 0.05) is 17.5 Å². The maximum absolute atomic E-state index is 11.1. The number of primary amides is 1. The molecule has 1 aliphatic carbocycles. The zero-order valence-electron chi connectivity index (χ0n) is 12.0. The minimum absolute atomic E-state index is 0.0772. The Balaban J connectivity index is 2.26. The number of benzene rings is 1. The van der Waals surface area contributed by atoms with Gasteiger partial charge in [0.25, 0.3) is 0 Å². The summed E-state index contributed by atoms with van der Waals surface area (Å²) in [6.07, 6.45) is 3.58. The third kappa shape index (κ3) is 4.11. The van der Waals surface area contributed by atoms with Crippen molar-refractivity contribution >= 4 is 17.7 Å². The van der Waals surface area contributed by atoms with E-state index in [1.807, 2.05) is 24.3 Å². The lowest BCUT2D eigenvalue weighted by molar-refractivity contribution is 0.0286. The first-order chi connectivity index (χ1) is 10.1. The Bertz CT molecular complexity index is 480. The van der Waals surface area contributed by atoms with E-state index in [2.05, 4.69) is 0 Å². The van der Waals surface area contributed by atoms with Gasteiger partial charge in [-0.25, -0.2) is 4.79 Å². The third-order valence-corrected chi connectivity index (χ3v) is 4.63. The SMILES string of the molecule is NC(=O)OC1CCCCC1C(CCO)c1ccccc1Cl. The maximum atomic E-state index is 11.1. The minimum atomic E-state index is -0.728. The second-order valence-corrected chi connectivity index (χ2v) is 5.97. The molecule has 116 valence electrons. The van der Waals surface area contributed by atoms with Crippen LogP contribution in [0.5, 0.6) is 0 Å². The number of carbonyl (C=O) groups is 1. The summed E-state index contributed by atoms with van der Waals surface area (Å²) in [5.74, 6) is 0.228. The fraction of sp³-hybridized carbons (Fsp3) is 0.562. The Hall–Kier alpha value is -1.26. The van der Waals surface area contributed by atoms with Gasteiger partial charge in [-0.15, -0.1) is 0 Å². The van der Waals surface area contributed by atoms with Crippen molar-refractivity contribution in [3.63, 3.8) is 0 Å². The van der Waals surface area contributed by atoms with E-state index in [1.165, 1.54) is 0 Å². The Morgan fingerprint density at radius 1 is 1.38 bits per heavy atom. The van der Waals surface area contributed by atoms with Gasteiger partial charge in [-0.3, -0.25) is 0 Å². The number of hydrogen-bond donors (Lipinski definition) is 2. The first kappa shape index (κ1) is 16.1. The highest BCUT2D eigenvalue weighted by Crippen LogP contribution is 2.41. The Morgan fingerprint density at radius 3 is 2.76 bits per heavy atom. The molecular weight excluding hydrogens is 290 g/mol. The normalized spacial score (nSPS) is 23.5. The topological polar surface area (TPSA) is 72.6 Å². The molecule has 0 aromatic heterocycles. The average Bonchev–Trinajstić information content (AvgIpc) is 2.46. The molecule has 0 radical (unpaired) electrons. The van der Waals surface area contributed by atoms with E-state index >= 15 is 0 Å². The molecule has 0 saturated heterocycles. The van der Waals surface area contributed by atoms with E-state index in [4.69, 9.17) is 22.1 Å². The van der Waals surface area contributed by atoms with Crippen molar-refractivity contribution in [2.24, 2.45) is 11.7 Å². The summed E-state index contributed by atoms with van der Waals surface area (Å²) >= 11 is 6.31. The molecular formula is C16H22ClNO3. The molecule has 3 N–H and O–H groups in total. The van der Waals surface area contributed by atoms with Crippen LogP contribution in [0, 0.1) is 5.92 Å². The zero-order chi connectivity index (χ0) is 15.2. The van der Waals surface area contributed by atoms with Gasteiger partial charge >= 0.3 is 6.09 Å². The van der Waals surface area contributed by atoms with Crippen molar-refractivity contribution in [2.45, 2.75) is 44.1 Å². The minimum Gasteiger partial charge on any atom is -0.446 e. The predicted octanol–water partition coefficient (Wildman–Crippen LogP) is 3.46. The van der Waals surface area contributed by atoms with E-state index in [-0.39, 0.29) is 24.5 Å². The number of aliphatic hydroxyl groups excluding tert-OH is 1. The van der Waals surface area contributed by atoms with Crippen LogP contribution in [-0.4, -0.2) is 23.9 Å². The molecule has 3 unspecified atom stereocenters. The summed E-state index contributed by atoms with van der Waals surface area (Å²) in [7, 11) is 0. The van der Waals surface area contributed by atoms with Gasteiger partial charge in [0.15, 0.2) is 0 Å². The van der Waals surface area contributed by atoms with Crippen LogP contribution in [0.15, 0.2) is 24.3 Å². The highest BCUT2D eigenvalue weighted by molar-refractivity contribution is 6.31. The van der Waals surface area contributed by atoms with Gasteiger partial charge in [0.05, 0.1) is 0 Å². The van der Waals surface area contributed by atoms with Crippen LogP contribution in [-0.2, 0) is 4.74 Å². The molecule has 4 nitrogen and oxygen atoms in total. The molecule has 1 saturated carbocycles. The summed E-state index contributed by atoms with van der Waals surface area (Å²) in [4.78, 5) is 11.1. The molecule has 1 aliphatic rings. The molecule has 0 spiro atoms. The highest BCUT2D eigenvalue weighted by atomic mass is 35.5. The average molecular weight is 312 g/mol. The molecule has 21 heavy (non-hydrogen) atoms. The largest absolute Gasteiger partial charge is 0.446 e. The quantitative estimate of drug-likeness (QED) is 0.874. The van der Waals surface area contributed by atoms with Crippen LogP contribution in [0.4, 0.5) is 4.79 Å². The second kappa shape index (κ2) is 7.66. The van der Waals surface area contributed by atoms with Crippen LogP contribution >= 0.6 is 11.6 Å². The van der Waals surface area contributed by atoms with Crippen molar-refractivity contribution in [2.75, 3.05) is 6.61 Å². The Labute approximate surface area is 130 Å². The zero-order valence-corrected chi connectivity index (χ0v) is 12.8. The number of aliphatic hydroxyl groups is 1. The maximum Gasteiger partial charge on any atom is 0.404 e. The van der Waals surface area contributed by atoms with Gasteiger partial charge in [0.2, 0.25) is 0 Å². The van der Waals surface area contributed by atoms with Crippen LogP contribution in [0.1, 0.15) is 43.6 Å². The number of rotatable bonds is 5. The third-order valence-electron chi connectivity index (χ3n) is 4.28. The number of nitrogens with two attached hydrogens (primary N) is 1. The molecule has 1 amide bonds. The number of carbonyl (C=O) groups excluding carboxylic acids is 1. The molecule has 1 fully saturated rings. The first-order valence-electron chi connectivity index (χ1n) is 7.45. The Morgan fingerprint density at radius 2 is 2.10 bits per heavy atom. The van der Waals surface area contributed by atoms with Crippen LogP contribution < -0.4 is 5.73 Å². The van der Waals surface area contributed by atoms with E-state index in [0.29, 0.717) is 11.4 Å². The van der Waals surface area contributed by atoms with Crippen molar-refractivity contribution in [3.8, 4) is 0 Å². The summed E-state index contributed by atoms with van der Waals surface area (Å²) < 4.78 is 5.31. The highest BCUT2D eigenvalue weighted by Gasteiger charge is 2.35. The summed E-state index contributed by atoms with van der Waals surface area (Å²) in [5.41, 5.74) is 6.20. The molecule has 2 rings (SSSR count). The number of halogens is 1. The van der Waals surface area contributed by atoms with E-state index in [0.717, 1.165) is 31.2 Å². The smallest absolute Gasteiger partial charge is 0.404 e. The standard InChI is InChI=1S/C16H22ClNO3/c17-14-7-3-1-5-12(14)11(9-10-19)13-6-2-4-8-15(13)21-16(18)20/h1,3,5,7,11,13,15,19H,2,4,6,8-10H2,(H2,18,20). The summed E-state index contributed by atoms with van der Waals surface area (Å²) in [6.45, 7) is 0.0790. The van der Waals surface area contributed by atoms with Crippen molar-refractivity contribution < 1.29 is 14.6 Å². The molecule has 3 atom stereocenters. The monoisotopic (exact) mass is 311 g/mol. The number of amides is 1. The lowest BCUT2D eigenvalue weighted by Crippen LogP contribution is -2.36. The van der Waals surface area contributed by atoms with Crippen molar-refractivity contribution in [1.29, 1.82) is 0 Å². The molecule has 5 heteroatoms. The van der Waals surface area contributed by atoms with Crippen molar-refractivity contribution in [1.82, 2.24) is 0 Å².